The predicted octanol–water partition coefficient (Wildman–Crippen LogP) is 2.83. The van der Waals surface area contributed by atoms with Crippen molar-refractivity contribution >= 4 is 5.97 Å². The molecule has 2 nitrogen and oxygen atoms in total. The maximum absolute atomic E-state index is 11.2. The van der Waals surface area contributed by atoms with Crippen LogP contribution in [0.15, 0.2) is 30.3 Å². The molecule has 0 unspecified atom stereocenters. The number of hydrogen-bond acceptors (Lipinski definition) is 1. The fourth-order valence-electron chi connectivity index (χ4n) is 1.68. The van der Waals surface area contributed by atoms with Crippen LogP contribution in [-0.2, 0) is 10.2 Å². The van der Waals surface area contributed by atoms with Crippen LogP contribution in [0.4, 0.5) is 0 Å². The molecule has 0 radical (unpaired) electrons. The largest absolute Gasteiger partial charge is 0.481 e. The Morgan fingerprint density at radius 1 is 1.36 bits per heavy atom. The van der Waals surface area contributed by atoms with Crippen molar-refractivity contribution < 1.29 is 9.90 Å². The zero-order valence-corrected chi connectivity index (χ0v) is 8.66. The number of benzene rings is 1. The molecule has 0 saturated heterocycles. The number of carbonyl (C=O) groups is 1. The van der Waals surface area contributed by atoms with Crippen molar-refractivity contribution in [2.24, 2.45) is 0 Å². The van der Waals surface area contributed by atoms with E-state index in [1.807, 2.05) is 37.3 Å². The van der Waals surface area contributed by atoms with E-state index in [9.17, 15) is 9.90 Å². The van der Waals surface area contributed by atoms with Gasteiger partial charge in [0, 0.05) is 0 Å². The van der Waals surface area contributed by atoms with Crippen molar-refractivity contribution in [2.75, 3.05) is 0 Å². The molecular weight excluding hydrogens is 176 g/mol. The highest BCUT2D eigenvalue weighted by Crippen LogP contribution is 2.28. The summed E-state index contributed by atoms with van der Waals surface area (Å²) < 4.78 is 0. The zero-order chi connectivity index (χ0) is 10.6. The van der Waals surface area contributed by atoms with Crippen molar-refractivity contribution in [1.29, 1.82) is 0 Å². The highest BCUT2D eigenvalue weighted by atomic mass is 16.4. The summed E-state index contributed by atoms with van der Waals surface area (Å²) in [6.45, 7) is 3.79. The van der Waals surface area contributed by atoms with Gasteiger partial charge >= 0.3 is 5.97 Å². The van der Waals surface area contributed by atoms with Crippen LogP contribution in [0.3, 0.4) is 0 Å². The Morgan fingerprint density at radius 2 is 1.93 bits per heavy atom. The lowest BCUT2D eigenvalue weighted by Crippen LogP contribution is -2.32. The average molecular weight is 192 g/mol. The van der Waals surface area contributed by atoms with E-state index in [0.29, 0.717) is 6.42 Å². The smallest absolute Gasteiger partial charge is 0.313 e. The monoisotopic (exact) mass is 192 g/mol. The van der Waals surface area contributed by atoms with Crippen molar-refractivity contribution in [3.8, 4) is 0 Å². The Morgan fingerprint density at radius 3 is 2.36 bits per heavy atom. The molecule has 0 spiro atoms. The molecule has 1 atom stereocenters. The average Bonchev–Trinajstić information content (AvgIpc) is 2.19. The molecule has 0 bridgehead atoms. The Hall–Kier alpha value is -1.31. The summed E-state index contributed by atoms with van der Waals surface area (Å²) in [5.74, 6) is -0.745. The van der Waals surface area contributed by atoms with E-state index in [-0.39, 0.29) is 0 Å². The molecule has 0 heterocycles. The molecule has 0 aromatic heterocycles. The van der Waals surface area contributed by atoms with Crippen LogP contribution in [0.1, 0.15) is 32.3 Å². The van der Waals surface area contributed by atoms with Crippen molar-refractivity contribution in [2.45, 2.75) is 32.1 Å². The predicted molar refractivity (Wildman–Crippen MR) is 56.3 cm³/mol. The van der Waals surface area contributed by atoms with Gasteiger partial charge in [0.1, 0.15) is 0 Å². The van der Waals surface area contributed by atoms with Crippen LogP contribution < -0.4 is 0 Å². The number of rotatable bonds is 4. The van der Waals surface area contributed by atoms with Crippen molar-refractivity contribution in [3.05, 3.63) is 35.9 Å². The highest BCUT2D eigenvalue weighted by molar-refractivity contribution is 5.80. The van der Waals surface area contributed by atoms with Gasteiger partial charge in [-0.15, -0.1) is 0 Å². The summed E-state index contributed by atoms with van der Waals surface area (Å²) in [4.78, 5) is 11.2. The third kappa shape index (κ3) is 1.95. The maximum Gasteiger partial charge on any atom is 0.313 e. The Labute approximate surface area is 84.6 Å². The minimum absolute atomic E-state index is 0.673. The molecule has 0 fully saturated rings. The topological polar surface area (TPSA) is 37.3 Å². The van der Waals surface area contributed by atoms with E-state index in [1.54, 1.807) is 6.92 Å². The second kappa shape index (κ2) is 4.27. The van der Waals surface area contributed by atoms with Gasteiger partial charge in [-0.25, -0.2) is 0 Å². The van der Waals surface area contributed by atoms with E-state index in [0.717, 1.165) is 12.0 Å². The van der Waals surface area contributed by atoms with Gasteiger partial charge in [0.2, 0.25) is 0 Å². The molecule has 0 saturated carbocycles. The van der Waals surface area contributed by atoms with Crippen LogP contribution in [0.25, 0.3) is 0 Å². The maximum atomic E-state index is 11.2. The fourth-order valence-corrected chi connectivity index (χ4v) is 1.68. The first-order chi connectivity index (χ1) is 6.61. The van der Waals surface area contributed by atoms with E-state index in [1.165, 1.54) is 0 Å². The molecule has 14 heavy (non-hydrogen) atoms. The first-order valence-corrected chi connectivity index (χ1v) is 4.90. The lowest BCUT2D eigenvalue weighted by Gasteiger charge is -2.24. The molecule has 1 aromatic carbocycles. The van der Waals surface area contributed by atoms with Gasteiger partial charge in [-0.3, -0.25) is 4.79 Å². The molecule has 0 amide bonds. The lowest BCUT2D eigenvalue weighted by molar-refractivity contribution is -0.143. The standard InChI is InChI=1S/C12H16O2/c1-3-9-12(2,11(13)14)10-7-5-4-6-8-10/h4-8H,3,9H2,1-2H3,(H,13,14)/t12-/m1/s1. The molecule has 1 rings (SSSR count). The number of carboxylic acid groups (broad SMARTS) is 1. The molecule has 76 valence electrons. The van der Waals surface area contributed by atoms with Crippen LogP contribution in [0.5, 0.6) is 0 Å². The summed E-state index contributed by atoms with van der Waals surface area (Å²) in [6, 6.07) is 9.42. The summed E-state index contributed by atoms with van der Waals surface area (Å²) in [5.41, 5.74) is 0.144. The Bertz CT molecular complexity index is 305. The van der Waals surface area contributed by atoms with Gasteiger partial charge in [-0.2, -0.15) is 0 Å². The normalized spacial score (nSPS) is 14.7. The van der Waals surface area contributed by atoms with Crippen LogP contribution in [0.2, 0.25) is 0 Å². The fraction of sp³-hybridized carbons (Fsp3) is 0.417. The van der Waals surface area contributed by atoms with E-state index in [2.05, 4.69) is 0 Å². The molecular formula is C12H16O2. The molecule has 1 aromatic rings. The third-order valence-corrected chi connectivity index (χ3v) is 2.63. The number of aliphatic carboxylic acids is 1. The minimum atomic E-state index is -0.745. The van der Waals surface area contributed by atoms with Crippen LogP contribution >= 0.6 is 0 Å². The zero-order valence-electron chi connectivity index (χ0n) is 8.66. The SMILES string of the molecule is CCC[C@@](C)(C(=O)O)c1ccccc1. The van der Waals surface area contributed by atoms with Crippen molar-refractivity contribution in [1.82, 2.24) is 0 Å². The first kappa shape index (κ1) is 10.8. The van der Waals surface area contributed by atoms with Crippen LogP contribution in [0, 0.1) is 0 Å². The van der Waals surface area contributed by atoms with Gasteiger partial charge in [0.25, 0.3) is 0 Å². The quantitative estimate of drug-likeness (QED) is 0.796. The Kier molecular flexibility index (Phi) is 3.28. The summed E-state index contributed by atoms with van der Waals surface area (Å²) in [5, 5.41) is 9.22. The van der Waals surface area contributed by atoms with E-state index in [4.69, 9.17) is 0 Å². The van der Waals surface area contributed by atoms with Gasteiger partial charge in [-0.1, -0.05) is 43.7 Å². The molecule has 1 N–H and O–H groups in total. The molecule has 0 aliphatic rings. The number of hydrogen-bond donors (Lipinski definition) is 1. The second-order valence-corrected chi connectivity index (χ2v) is 3.75. The second-order valence-electron chi connectivity index (χ2n) is 3.75. The Balaban J connectivity index is 3.06. The number of carboxylic acids is 1. The van der Waals surface area contributed by atoms with Gasteiger partial charge in [-0.05, 0) is 18.9 Å². The van der Waals surface area contributed by atoms with E-state index >= 15 is 0 Å². The molecule has 0 aliphatic heterocycles. The summed E-state index contributed by atoms with van der Waals surface area (Å²) in [7, 11) is 0. The minimum Gasteiger partial charge on any atom is -0.481 e. The molecule has 2 heteroatoms. The first-order valence-electron chi connectivity index (χ1n) is 4.90. The van der Waals surface area contributed by atoms with Crippen LogP contribution in [-0.4, -0.2) is 11.1 Å². The highest BCUT2D eigenvalue weighted by Gasteiger charge is 2.33. The van der Waals surface area contributed by atoms with Gasteiger partial charge < -0.3 is 5.11 Å². The lowest BCUT2D eigenvalue weighted by atomic mass is 9.79. The van der Waals surface area contributed by atoms with E-state index < -0.39 is 11.4 Å². The van der Waals surface area contributed by atoms with Crippen molar-refractivity contribution in [3.63, 3.8) is 0 Å². The van der Waals surface area contributed by atoms with Gasteiger partial charge in [0.15, 0.2) is 0 Å². The summed E-state index contributed by atoms with van der Waals surface area (Å²) in [6.07, 6.45) is 1.55. The third-order valence-electron chi connectivity index (χ3n) is 2.63. The molecule has 0 aliphatic carbocycles. The summed E-state index contributed by atoms with van der Waals surface area (Å²) >= 11 is 0. The van der Waals surface area contributed by atoms with Gasteiger partial charge in [0.05, 0.1) is 5.41 Å².